The zero-order valence-electron chi connectivity index (χ0n) is 18.3. The molecular weight excluding hydrogens is 404 g/mol. The van der Waals surface area contributed by atoms with Crippen LogP contribution in [0.4, 0.5) is 0 Å². The van der Waals surface area contributed by atoms with Gasteiger partial charge in [0.1, 0.15) is 0 Å². The minimum Gasteiger partial charge on any atom is -0.349 e. The molecule has 7 nitrogen and oxygen atoms in total. The van der Waals surface area contributed by atoms with Crippen molar-refractivity contribution in [3.05, 3.63) is 53.3 Å². The summed E-state index contributed by atoms with van der Waals surface area (Å²) in [5, 5.41) is 7.72. The van der Waals surface area contributed by atoms with E-state index in [9.17, 15) is 14.4 Å². The molecular formula is C25H30N4O3. The number of aromatic nitrogens is 2. The highest BCUT2D eigenvalue weighted by atomic mass is 16.2. The fourth-order valence-corrected chi connectivity index (χ4v) is 5.59. The van der Waals surface area contributed by atoms with Gasteiger partial charge in [-0.3, -0.25) is 24.0 Å². The number of nitrogens with one attached hydrogen (secondary N) is 1. The van der Waals surface area contributed by atoms with Gasteiger partial charge >= 0.3 is 0 Å². The Morgan fingerprint density at radius 2 is 1.72 bits per heavy atom. The van der Waals surface area contributed by atoms with Crippen LogP contribution in [0, 0.1) is 11.8 Å². The zero-order chi connectivity index (χ0) is 22.1. The molecule has 0 spiro atoms. The standard InChI is InChI=1S/C25H30N4O3/c30-23(13-14-28-24(31)18-9-4-5-10-19(18)25(28)32)27-21-11-6-12-22-20(21)15-26-29(22)16-17-7-2-1-3-8-17/h1-3,7-8,15,18-19,21H,4-6,9-14,16H2,(H,27,30). The summed E-state index contributed by atoms with van der Waals surface area (Å²) in [6.45, 7) is 0.904. The molecule has 1 aromatic carbocycles. The van der Waals surface area contributed by atoms with E-state index in [1.807, 2.05) is 29.1 Å². The average molecular weight is 435 g/mol. The van der Waals surface area contributed by atoms with Crippen LogP contribution in [-0.4, -0.2) is 38.9 Å². The van der Waals surface area contributed by atoms with Gasteiger partial charge in [0.2, 0.25) is 17.7 Å². The molecule has 1 saturated carbocycles. The Morgan fingerprint density at radius 3 is 2.44 bits per heavy atom. The summed E-state index contributed by atoms with van der Waals surface area (Å²) in [6, 6.07) is 10.2. The molecule has 1 N–H and O–H groups in total. The molecule has 0 bridgehead atoms. The second kappa shape index (κ2) is 8.88. The summed E-state index contributed by atoms with van der Waals surface area (Å²) in [5.41, 5.74) is 3.46. The maximum atomic E-state index is 12.7. The molecule has 3 unspecified atom stereocenters. The Bertz CT molecular complexity index is 991. The molecule has 3 atom stereocenters. The first-order chi connectivity index (χ1) is 15.6. The van der Waals surface area contributed by atoms with Gasteiger partial charge in [-0.1, -0.05) is 43.2 Å². The lowest BCUT2D eigenvalue weighted by Gasteiger charge is -2.25. The first-order valence-corrected chi connectivity index (χ1v) is 11.8. The highest BCUT2D eigenvalue weighted by Crippen LogP contribution is 2.38. The van der Waals surface area contributed by atoms with Crippen LogP contribution >= 0.6 is 0 Å². The van der Waals surface area contributed by atoms with Crippen LogP contribution in [0.5, 0.6) is 0 Å². The smallest absolute Gasteiger partial charge is 0.233 e. The highest BCUT2D eigenvalue weighted by molar-refractivity contribution is 6.05. The topological polar surface area (TPSA) is 84.3 Å². The van der Waals surface area contributed by atoms with Crippen LogP contribution in [0.15, 0.2) is 36.5 Å². The van der Waals surface area contributed by atoms with Gasteiger partial charge in [0.25, 0.3) is 0 Å². The normalized spacial score (nSPS) is 24.9. The largest absolute Gasteiger partial charge is 0.349 e. The minimum absolute atomic E-state index is 0.0664. The van der Waals surface area contributed by atoms with Crippen LogP contribution in [-0.2, 0) is 27.3 Å². The molecule has 7 heteroatoms. The van der Waals surface area contributed by atoms with Crippen molar-refractivity contribution in [1.82, 2.24) is 20.0 Å². The van der Waals surface area contributed by atoms with Crippen LogP contribution < -0.4 is 5.32 Å². The number of carbonyl (C=O) groups excluding carboxylic acids is 3. The summed E-state index contributed by atoms with van der Waals surface area (Å²) in [5.74, 6) is -0.579. The monoisotopic (exact) mass is 434 g/mol. The van der Waals surface area contributed by atoms with Crippen molar-refractivity contribution in [3.63, 3.8) is 0 Å². The molecule has 3 amide bonds. The summed E-state index contributed by atoms with van der Waals surface area (Å²) in [7, 11) is 0. The van der Waals surface area contributed by atoms with E-state index in [0.717, 1.165) is 57.1 Å². The first-order valence-electron chi connectivity index (χ1n) is 11.8. The van der Waals surface area contributed by atoms with Gasteiger partial charge in [-0.2, -0.15) is 5.10 Å². The van der Waals surface area contributed by atoms with Crippen molar-refractivity contribution in [2.75, 3.05) is 6.54 Å². The third kappa shape index (κ3) is 3.96. The number of fused-ring (bicyclic) bond motifs is 2. The van der Waals surface area contributed by atoms with Gasteiger partial charge in [0.15, 0.2) is 0 Å². The molecule has 1 saturated heterocycles. The van der Waals surface area contributed by atoms with Gasteiger partial charge < -0.3 is 5.32 Å². The Kier molecular flexibility index (Phi) is 5.81. The second-order valence-corrected chi connectivity index (χ2v) is 9.28. The van der Waals surface area contributed by atoms with E-state index in [2.05, 4.69) is 22.5 Å². The molecule has 2 aliphatic carbocycles. The van der Waals surface area contributed by atoms with Crippen molar-refractivity contribution >= 4 is 17.7 Å². The molecule has 2 heterocycles. The van der Waals surface area contributed by atoms with Crippen molar-refractivity contribution in [2.45, 2.75) is 64.0 Å². The number of carbonyl (C=O) groups is 3. The number of amides is 3. The second-order valence-electron chi connectivity index (χ2n) is 9.28. The molecule has 0 radical (unpaired) electrons. The number of benzene rings is 1. The predicted molar refractivity (Wildman–Crippen MR) is 118 cm³/mol. The van der Waals surface area contributed by atoms with E-state index < -0.39 is 0 Å². The van der Waals surface area contributed by atoms with E-state index in [1.165, 1.54) is 16.2 Å². The zero-order valence-corrected chi connectivity index (χ0v) is 18.3. The van der Waals surface area contributed by atoms with Crippen molar-refractivity contribution in [3.8, 4) is 0 Å². The molecule has 1 aliphatic heterocycles. The molecule has 3 aliphatic rings. The molecule has 2 fully saturated rings. The van der Waals surface area contributed by atoms with Crippen molar-refractivity contribution in [1.29, 1.82) is 0 Å². The Labute approximate surface area is 188 Å². The van der Waals surface area contributed by atoms with Crippen LogP contribution in [0.3, 0.4) is 0 Å². The highest BCUT2D eigenvalue weighted by Gasteiger charge is 2.47. The molecule has 1 aromatic heterocycles. The number of hydrogen-bond acceptors (Lipinski definition) is 4. The minimum atomic E-state index is -0.157. The molecule has 2 aromatic rings. The van der Waals surface area contributed by atoms with Crippen LogP contribution in [0.1, 0.15) is 67.8 Å². The summed E-state index contributed by atoms with van der Waals surface area (Å²) in [4.78, 5) is 39.3. The van der Waals surface area contributed by atoms with E-state index in [4.69, 9.17) is 0 Å². The average Bonchev–Trinajstić information content (AvgIpc) is 3.33. The lowest BCUT2D eigenvalue weighted by molar-refractivity contribution is -0.140. The van der Waals surface area contributed by atoms with Gasteiger partial charge in [-0.15, -0.1) is 0 Å². The number of rotatable bonds is 6. The van der Waals surface area contributed by atoms with Crippen LogP contribution in [0.25, 0.3) is 0 Å². The molecule has 32 heavy (non-hydrogen) atoms. The number of likely N-dealkylation sites (tertiary alicyclic amines) is 1. The molecule has 5 rings (SSSR count). The van der Waals surface area contributed by atoms with Gasteiger partial charge in [-0.05, 0) is 37.7 Å². The predicted octanol–water partition coefficient (Wildman–Crippen LogP) is 2.99. The number of hydrogen-bond donors (Lipinski definition) is 1. The first kappa shape index (κ1) is 20.9. The van der Waals surface area contributed by atoms with Crippen molar-refractivity contribution < 1.29 is 14.4 Å². The lowest BCUT2D eigenvalue weighted by Crippen LogP contribution is -2.37. The number of nitrogens with zero attached hydrogens (tertiary/aromatic N) is 3. The van der Waals surface area contributed by atoms with Crippen LogP contribution in [0.2, 0.25) is 0 Å². The van der Waals surface area contributed by atoms with Gasteiger partial charge in [0, 0.05) is 24.2 Å². The third-order valence-electron chi connectivity index (χ3n) is 7.27. The quantitative estimate of drug-likeness (QED) is 0.709. The van der Waals surface area contributed by atoms with Crippen molar-refractivity contribution in [2.24, 2.45) is 11.8 Å². The van der Waals surface area contributed by atoms with Gasteiger partial charge in [-0.25, -0.2) is 0 Å². The summed E-state index contributed by atoms with van der Waals surface area (Å²) >= 11 is 0. The number of imide groups is 1. The molecule has 168 valence electrons. The van der Waals surface area contributed by atoms with E-state index >= 15 is 0 Å². The lowest BCUT2D eigenvalue weighted by atomic mass is 9.81. The fraction of sp³-hybridized carbons (Fsp3) is 0.520. The maximum absolute atomic E-state index is 12.7. The van der Waals surface area contributed by atoms with E-state index in [-0.39, 0.29) is 48.6 Å². The Balaban J connectivity index is 1.20. The Morgan fingerprint density at radius 1 is 1.00 bits per heavy atom. The van der Waals surface area contributed by atoms with E-state index in [1.54, 1.807) is 0 Å². The summed E-state index contributed by atoms with van der Waals surface area (Å²) in [6.07, 6.45) is 8.47. The SMILES string of the molecule is O=C(CCN1C(=O)C2CCCCC2C1=O)NC1CCCc2c1cnn2Cc1ccccc1. The summed E-state index contributed by atoms with van der Waals surface area (Å²) < 4.78 is 2.03. The fourth-order valence-electron chi connectivity index (χ4n) is 5.59. The van der Waals surface area contributed by atoms with E-state index in [0.29, 0.717) is 0 Å². The van der Waals surface area contributed by atoms with Gasteiger partial charge in [0.05, 0.1) is 30.6 Å². The Hall–Kier alpha value is -2.96. The third-order valence-corrected chi connectivity index (χ3v) is 7.27. The maximum Gasteiger partial charge on any atom is 0.233 e.